The number of esters is 1. The maximum atomic E-state index is 11.8. The Morgan fingerprint density at radius 1 is 1.24 bits per heavy atom. The summed E-state index contributed by atoms with van der Waals surface area (Å²) in [6, 6.07) is 9.69. The van der Waals surface area contributed by atoms with Gasteiger partial charge in [0.15, 0.2) is 0 Å². The van der Waals surface area contributed by atoms with Crippen LogP contribution in [0.5, 0.6) is 0 Å². The summed E-state index contributed by atoms with van der Waals surface area (Å²) in [7, 11) is 0. The number of aromatic nitrogens is 3. The Bertz CT molecular complexity index is 612. The maximum Gasteiger partial charge on any atom is 0.378 e. The molecule has 5 nitrogen and oxygen atoms in total. The van der Waals surface area contributed by atoms with Crippen LogP contribution in [0, 0.1) is 5.41 Å². The molecular weight excluding hydrogens is 266 g/mol. The summed E-state index contributed by atoms with van der Waals surface area (Å²) in [5.41, 5.74) is 0.936. The zero-order valence-electron chi connectivity index (χ0n) is 13.0. The molecule has 0 amide bonds. The minimum absolute atomic E-state index is 0.0471. The number of carbonyl (C=O) groups excluding carboxylic acids is 1. The van der Waals surface area contributed by atoms with Crippen LogP contribution < -0.4 is 0 Å². The van der Waals surface area contributed by atoms with Gasteiger partial charge in [0.2, 0.25) is 0 Å². The number of ether oxygens (including phenoxy) is 1. The van der Waals surface area contributed by atoms with Gasteiger partial charge in [0.1, 0.15) is 5.82 Å². The van der Waals surface area contributed by atoms with Crippen molar-refractivity contribution in [2.24, 2.45) is 5.41 Å². The van der Waals surface area contributed by atoms with E-state index in [9.17, 15) is 4.79 Å². The summed E-state index contributed by atoms with van der Waals surface area (Å²) < 4.78 is 6.70. The van der Waals surface area contributed by atoms with E-state index in [1.54, 1.807) is 11.6 Å². The Balaban J connectivity index is 2.43. The van der Waals surface area contributed by atoms with E-state index in [0.717, 1.165) is 11.5 Å². The lowest BCUT2D eigenvalue weighted by Gasteiger charge is -2.17. The summed E-state index contributed by atoms with van der Waals surface area (Å²) in [5.74, 6) is 0.388. The van der Waals surface area contributed by atoms with Crippen LogP contribution >= 0.6 is 0 Å². The molecule has 0 aliphatic heterocycles. The van der Waals surface area contributed by atoms with Gasteiger partial charge in [-0.05, 0) is 24.5 Å². The van der Waals surface area contributed by atoms with Crippen molar-refractivity contribution in [2.75, 3.05) is 6.61 Å². The summed E-state index contributed by atoms with van der Waals surface area (Å²) in [4.78, 5) is 16.2. The lowest BCUT2D eigenvalue weighted by molar-refractivity contribution is 0.0512. The van der Waals surface area contributed by atoms with Gasteiger partial charge in [0.25, 0.3) is 5.82 Å². The molecule has 0 aliphatic rings. The third-order valence-corrected chi connectivity index (χ3v) is 2.82. The first kappa shape index (κ1) is 15.2. The van der Waals surface area contributed by atoms with Crippen LogP contribution in [-0.4, -0.2) is 27.3 Å². The quantitative estimate of drug-likeness (QED) is 0.811. The van der Waals surface area contributed by atoms with Crippen molar-refractivity contribution in [3.63, 3.8) is 0 Å². The molecule has 0 radical (unpaired) electrons. The van der Waals surface area contributed by atoms with Crippen molar-refractivity contribution in [3.8, 4) is 5.69 Å². The highest BCUT2D eigenvalue weighted by atomic mass is 16.5. The highest BCUT2D eigenvalue weighted by molar-refractivity contribution is 5.85. The SMILES string of the molecule is CCOC(=O)c1nc(CC(C)(C)C)n(-c2ccccc2)n1. The lowest BCUT2D eigenvalue weighted by Crippen LogP contribution is -2.14. The highest BCUT2D eigenvalue weighted by Gasteiger charge is 2.22. The van der Waals surface area contributed by atoms with Crippen molar-refractivity contribution < 1.29 is 9.53 Å². The van der Waals surface area contributed by atoms with Gasteiger partial charge in [0.05, 0.1) is 12.3 Å². The lowest BCUT2D eigenvalue weighted by atomic mass is 9.92. The van der Waals surface area contributed by atoms with E-state index in [1.807, 2.05) is 30.3 Å². The van der Waals surface area contributed by atoms with E-state index >= 15 is 0 Å². The van der Waals surface area contributed by atoms with Gasteiger partial charge in [-0.1, -0.05) is 39.0 Å². The third-order valence-electron chi connectivity index (χ3n) is 2.82. The van der Waals surface area contributed by atoms with E-state index in [1.165, 1.54) is 0 Å². The second-order valence-corrected chi connectivity index (χ2v) is 6.06. The van der Waals surface area contributed by atoms with Gasteiger partial charge in [-0.3, -0.25) is 0 Å². The first-order valence-corrected chi connectivity index (χ1v) is 7.09. The van der Waals surface area contributed by atoms with Crippen molar-refractivity contribution in [1.29, 1.82) is 0 Å². The summed E-state index contributed by atoms with van der Waals surface area (Å²) in [5, 5.41) is 4.31. The topological polar surface area (TPSA) is 57.0 Å². The molecule has 0 unspecified atom stereocenters. The zero-order chi connectivity index (χ0) is 15.5. The maximum absolute atomic E-state index is 11.8. The van der Waals surface area contributed by atoms with Gasteiger partial charge < -0.3 is 4.74 Å². The largest absolute Gasteiger partial charge is 0.460 e. The fourth-order valence-corrected chi connectivity index (χ4v) is 1.99. The first-order valence-electron chi connectivity index (χ1n) is 7.09. The summed E-state index contributed by atoms with van der Waals surface area (Å²) in [6.07, 6.45) is 0.717. The van der Waals surface area contributed by atoms with Gasteiger partial charge in [0, 0.05) is 6.42 Å². The second kappa shape index (κ2) is 6.08. The Morgan fingerprint density at radius 3 is 2.48 bits per heavy atom. The normalized spacial score (nSPS) is 11.4. The molecule has 1 aromatic carbocycles. The number of hydrogen-bond acceptors (Lipinski definition) is 4. The Labute approximate surface area is 125 Å². The second-order valence-electron chi connectivity index (χ2n) is 6.06. The van der Waals surface area contributed by atoms with Gasteiger partial charge in [-0.2, -0.15) is 0 Å². The number of nitrogens with zero attached hydrogens (tertiary/aromatic N) is 3. The van der Waals surface area contributed by atoms with Crippen LogP contribution in [0.1, 0.15) is 44.1 Å². The third kappa shape index (κ3) is 3.90. The Hall–Kier alpha value is -2.17. The molecule has 2 aromatic rings. The molecule has 5 heteroatoms. The monoisotopic (exact) mass is 287 g/mol. The van der Waals surface area contributed by atoms with Gasteiger partial charge in [-0.25, -0.2) is 14.5 Å². The van der Waals surface area contributed by atoms with Gasteiger partial charge >= 0.3 is 5.97 Å². The minimum Gasteiger partial charge on any atom is -0.460 e. The van der Waals surface area contributed by atoms with Crippen LogP contribution in [-0.2, 0) is 11.2 Å². The molecule has 0 saturated heterocycles. The van der Waals surface area contributed by atoms with Crippen molar-refractivity contribution in [2.45, 2.75) is 34.1 Å². The summed E-state index contributed by atoms with van der Waals surface area (Å²) >= 11 is 0. The first-order chi connectivity index (χ1) is 9.90. The molecule has 0 aliphatic carbocycles. The molecule has 1 heterocycles. The van der Waals surface area contributed by atoms with Crippen molar-refractivity contribution >= 4 is 5.97 Å². The molecule has 0 atom stereocenters. The standard InChI is InChI=1S/C16H21N3O2/c1-5-21-15(20)14-17-13(11-16(2,3)4)19(18-14)12-9-7-6-8-10-12/h6-10H,5,11H2,1-4H3. The predicted molar refractivity (Wildman–Crippen MR) is 80.5 cm³/mol. The molecule has 0 N–H and O–H groups in total. The van der Waals surface area contributed by atoms with Crippen LogP contribution in [0.2, 0.25) is 0 Å². The van der Waals surface area contributed by atoms with E-state index in [-0.39, 0.29) is 11.2 Å². The van der Waals surface area contributed by atoms with Gasteiger partial charge in [-0.15, -0.1) is 5.10 Å². The number of carbonyl (C=O) groups is 1. The Kier molecular flexibility index (Phi) is 4.40. The van der Waals surface area contributed by atoms with Crippen LogP contribution in [0.3, 0.4) is 0 Å². The average molecular weight is 287 g/mol. The molecule has 0 saturated carbocycles. The van der Waals surface area contributed by atoms with E-state index < -0.39 is 5.97 Å². The zero-order valence-corrected chi connectivity index (χ0v) is 13.0. The van der Waals surface area contributed by atoms with Crippen LogP contribution in [0.15, 0.2) is 30.3 Å². The smallest absolute Gasteiger partial charge is 0.378 e. The molecule has 0 fully saturated rings. The van der Waals surface area contributed by atoms with Crippen LogP contribution in [0.4, 0.5) is 0 Å². The van der Waals surface area contributed by atoms with Crippen LogP contribution in [0.25, 0.3) is 5.69 Å². The molecule has 2 rings (SSSR count). The molecule has 0 spiro atoms. The molecular formula is C16H21N3O2. The van der Waals surface area contributed by atoms with Crippen molar-refractivity contribution in [1.82, 2.24) is 14.8 Å². The Morgan fingerprint density at radius 2 is 1.90 bits per heavy atom. The van der Waals surface area contributed by atoms with E-state index in [2.05, 4.69) is 30.9 Å². The number of rotatable bonds is 4. The summed E-state index contributed by atoms with van der Waals surface area (Å²) in [6.45, 7) is 8.46. The molecule has 0 bridgehead atoms. The fourth-order valence-electron chi connectivity index (χ4n) is 1.99. The highest BCUT2D eigenvalue weighted by Crippen LogP contribution is 2.21. The number of benzene rings is 1. The van der Waals surface area contributed by atoms with Crippen molar-refractivity contribution in [3.05, 3.63) is 42.0 Å². The van der Waals surface area contributed by atoms with E-state index in [0.29, 0.717) is 13.0 Å². The fraction of sp³-hybridized carbons (Fsp3) is 0.438. The van der Waals surface area contributed by atoms with E-state index in [4.69, 9.17) is 4.74 Å². The average Bonchev–Trinajstić information content (AvgIpc) is 2.82. The minimum atomic E-state index is -0.484. The number of para-hydroxylation sites is 1. The molecule has 21 heavy (non-hydrogen) atoms. The predicted octanol–water partition coefficient (Wildman–Crippen LogP) is 3.03. The molecule has 112 valence electrons. The number of hydrogen-bond donors (Lipinski definition) is 0. The molecule has 1 aromatic heterocycles.